The highest BCUT2D eigenvalue weighted by molar-refractivity contribution is 5.68. The number of phenolic OH excluding ortho intramolecular Hbond substituents is 1. The number of nitrogens with one attached hydrogen (secondary N) is 1. The molecule has 2 aliphatic rings. The van der Waals surface area contributed by atoms with Gasteiger partial charge in [-0.05, 0) is 44.7 Å². The second kappa shape index (κ2) is 7.56. The summed E-state index contributed by atoms with van der Waals surface area (Å²) in [5.74, 6) is 0.459. The van der Waals surface area contributed by atoms with Crippen molar-refractivity contribution in [2.24, 2.45) is 0 Å². The van der Waals surface area contributed by atoms with Crippen molar-refractivity contribution in [1.29, 1.82) is 0 Å². The Balaban J connectivity index is 1.36. The molecule has 0 spiro atoms. The Kier molecular flexibility index (Phi) is 4.85. The highest BCUT2D eigenvalue weighted by Crippen LogP contribution is 2.38. The fourth-order valence-corrected chi connectivity index (χ4v) is 4.91. The van der Waals surface area contributed by atoms with E-state index in [2.05, 4.69) is 32.4 Å². The SMILES string of the molecule is CN(c1ncc(-c2ccc(-n3ccnc3)cc2O)nn1)[C@@H]1C[C@@]2(C)CCC[C@H](N2)[C@H]1F. The van der Waals surface area contributed by atoms with E-state index in [4.69, 9.17) is 0 Å². The molecule has 0 saturated carbocycles. The van der Waals surface area contributed by atoms with E-state index < -0.39 is 6.17 Å². The van der Waals surface area contributed by atoms with Crippen LogP contribution in [0.1, 0.15) is 32.6 Å². The molecule has 4 heterocycles. The maximum absolute atomic E-state index is 15.2. The second-order valence-electron chi connectivity index (χ2n) is 8.85. The van der Waals surface area contributed by atoms with Crippen LogP contribution in [0, 0.1) is 0 Å². The number of rotatable bonds is 4. The van der Waals surface area contributed by atoms with Gasteiger partial charge in [-0.2, -0.15) is 0 Å². The van der Waals surface area contributed by atoms with Gasteiger partial charge in [-0.15, -0.1) is 10.2 Å². The van der Waals surface area contributed by atoms with Crippen LogP contribution in [0.5, 0.6) is 5.75 Å². The molecule has 4 atom stereocenters. The van der Waals surface area contributed by atoms with Gasteiger partial charge < -0.3 is 19.9 Å². The lowest BCUT2D eigenvalue weighted by Crippen LogP contribution is -2.66. The zero-order valence-corrected chi connectivity index (χ0v) is 17.6. The fraction of sp³-hybridized carbons (Fsp3) is 0.455. The third kappa shape index (κ3) is 3.63. The Labute approximate surface area is 180 Å². The number of alkyl halides is 1. The van der Waals surface area contributed by atoms with E-state index in [9.17, 15) is 5.11 Å². The first-order chi connectivity index (χ1) is 14.9. The summed E-state index contributed by atoms with van der Waals surface area (Å²) < 4.78 is 17.0. The Morgan fingerprint density at radius 1 is 1.32 bits per heavy atom. The molecule has 2 N–H and O–H groups in total. The molecule has 2 fully saturated rings. The molecule has 1 aromatic carbocycles. The van der Waals surface area contributed by atoms with Crippen LogP contribution in [-0.2, 0) is 0 Å². The van der Waals surface area contributed by atoms with Crippen LogP contribution in [0.3, 0.4) is 0 Å². The molecule has 3 aromatic rings. The molecule has 8 nitrogen and oxygen atoms in total. The summed E-state index contributed by atoms with van der Waals surface area (Å²) in [4.78, 5) is 10.3. The number of halogens is 1. The van der Waals surface area contributed by atoms with Gasteiger partial charge in [0, 0.05) is 42.7 Å². The van der Waals surface area contributed by atoms with E-state index in [1.807, 2.05) is 13.1 Å². The summed E-state index contributed by atoms with van der Waals surface area (Å²) in [5.41, 5.74) is 1.72. The van der Waals surface area contributed by atoms with E-state index in [1.54, 1.807) is 46.5 Å². The molecule has 0 unspecified atom stereocenters. The molecular formula is C22H26FN7O. The van der Waals surface area contributed by atoms with Gasteiger partial charge in [-0.25, -0.2) is 14.4 Å². The average Bonchev–Trinajstić information content (AvgIpc) is 3.31. The number of nitrogens with zero attached hydrogens (tertiary/aromatic N) is 6. The predicted molar refractivity (Wildman–Crippen MR) is 115 cm³/mol. The van der Waals surface area contributed by atoms with Crippen LogP contribution in [0.4, 0.5) is 10.3 Å². The molecule has 0 amide bonds. The number of phenols is 1. The van der Waals surface area contributed by atoms with E-state index in [0.717, 1.165) is 24.9 Å². The minimum absolute atomic E-state index is 0.0550. The van der Waals surface area contributed by atoms with E-state index in [1.165, 1.54) is 0 Å². The van der Waals surface area contributed by atoms with Crippen LogP contribution in [0.2, 0.25) is 0 Å². The average molecular weight is 423 g/mol. The molecule has 5 rings (SSSR count). The monoisotopic (exact) mass is 423 g/mol. The summed E-state index contributed by atoms with van der Waals surface area (Å²) in [7, 11) is 1.83. The third-order valence-electron chi connectivity index (χ3n) is 6.61. The van der Waals surface area contributed by atoms with Gasteiger partial charge >= 0.3 is 0 Å². The van der Waals surface area contributed by atoms with Crippen molar-refractivity contribution in [3.05, 3.63) is 43.1 Å². The molecule has 9 heteroatoms. The first kappa shape index (κ1) is 19.9. The number of anilines is 1. The van der Waals surface area contributed by atoms with Gasteiger partial charge in [0.05, 0.1) is 24.3 Å². The maximum Gasteiger partial charge on any atom is 0.245 e. The zero-order chi connectivity index (χ0) is 21.6. The Morgan fingerprint density at radius 3 is 2.90 bits per heavy atom. The number of hydrogen-bond donors (Lipinski definition) is 2. The zero-order valence-electron chi connectivity index (χ0n) is 17.6. The van der Waals surface area contributed by atoms with Crippen molar-refractivity contribution >= 4 is 5.95 Å². The van der Waals surface area contributed by atoms with Crippen LogP contribution >= 0.6 is 0 Å². The van der Waals surface area contributed by atoms with E-state index in [-0.39, 0.29) is 23.4 Å². The first-order valence-corrected chi connectivity index (χ1v) is 10.6. The Morgan fingerprint density at radius 2 is 2.19 bits per heavy atom. The molecule has 0 aliphatic carbocycles. The van der Waals surface area contributed by atoms with Gasteiger partial charge in [0.25, 0.3) is 0 Å². The lowest BCUT2D eigenvalue weighted by atomic mass is 9.74. The highest BCUT2D eigenvalue weighted by atomic mass is 19.1. The predicted octanol–water partition coefficient (Wildman–Crippen LogP) is 2.88. The summed E-state index contributed by atoms with van der Waals surface area (Å²) in [6.45, 7) is 2.17. The van der Waals surface area contributed by atoms with Gasteiger partial charge in [-0.3, -0.25) is 0 Å². The topological polar surface area (TPSA) is 92.0 Å². The van der Waals surface area contributed by atoms with Crippen LogP contribution in [0.15, 0.2) is 43.1 Å². The normalized spacial score (nSPS) is 27.8. The molecule has 162 valence electrons. The van der Waals surface area contributed by atoms with Crippen molar-refractivity contribution in [3.63, 3.8) is 0 Å². The molecular weight excluding hydrogens is 397 g/mol. The Hall–Kier alpha value is -3.07. The van der Waals surface area contributed by atoms with Crippen molar-refractivity contribution in [2.75, 3.05) is 11.9 Å². The quantitative estimate of drug-likeness (QED) is 0.667. The van der Waals surface area contributed by atoms with E-state index >= 15 is 4.39 Å². The van der Waals surface area contributed by atoms with Gasteiger partial charge in [0.15, 0.2) is 0 Å². The second-order valence-corrected chi connectivity index (χ2v) is 8.85. The molecule has 0 radical (unpaired) electrons. The van der Waals surface area contributed by atoms with Gasteiger partial charge in [0.1, 0.15) is 17.6 Å². The number of aromatic nitrogens is 5. The first-order valence-electron chi connectivity index (χ1n) is 10.6. The van der Waals surface area contributed by atoms with Crippen molar-refractivity contribution in [2.45, 2.75) is 56.4 Å². The molecule has 31 heavy (non-hydrogen) atoms. The molecule has 2 aromatic heterocycles. The van der Waals surface area contributed by atoms with Crippen molar-refractivity contribution in [1.82, 2.24) is 30.0 Å². The number of hydrogen-bond acceptors (Lipinski definition) is 7. The molecule has 2 saturated heterocycles. The minimum Gasteiger partial charge on any atom is -0.507 e. The fourth-order valence-electron chi connectivity index (χ4n) is 4.91. The number of imidazole rings is 1. The Bertz CT molecular complexity index is 1060. The summed E-state index contributed by atoms with van der Waals surface area (Å²) >= 11 is 0. The summed E-state index contributed by atoms with van der Waals surface area (Å²) in [5, 5.41) is 22.5. The smallest absolute Gasteiger partial charge is 0.245 e. The lowest BCUT2D eigenvalue weighted by molar-refractivity contribution is 0.0605. The van der Waals surface area contributed by atoms with Gasteiger partial charge in [0.2, 0.25) is 5.95 Å². The van der Waals surface area contributed by atoms with Crippen molar-refractivity contribution < 1.29 is 9.50 Å². The number of piperidine rings is 2. The molecule has 2 bridgehead atoms. The largest absolute Gasteiger partial charge is 0.507 e. The van der Waals surface area contributed by atoms with Crippen LogP contribution in [-0.4, -0.2) is 60.7 Å². The number of aromatic hydroxyl groups is 1. The van der Waals surface area contributed by atoms with Crippen molar-refractivity contribution in [3.8, 4) is 22.7 Å². The highest BCUT2D eigenvalue weighted by Gasteiger charge is 2.47. The number of benzene rings is 1. The molecule has 2 aliphatic heterocycles. The maximum atomic E-state index is 15.2. The minimum atomic E-state index is -0.985. The lowest BCUT2D eigenvalue weighted by Gasteiger charge is -2.51. The van der Waals surface area contributed by atoms with Crippen LogP contribution < -0.4 is 10.2 Å². The van der Waals surface area contributed by atoms with E-state index in [0.29, 0.717) is 23.6 Å². The standard InChI is InChI=1S/C22H26FN7O/c1-22-7-3-4-16(26-22)20(23)18(11-22)29(2)21-25-12-17(27-28-21)15-6-5-14(10-19(15)31)30-9-8-24-13-30/h5-6,8-10,12-13,16,18,20,26,31H,3-4,7,11H2,1-2H3/t16-,18+,20+,22+/m0/s1. The third-order valence-corrected chi connectivity index (χ3v) is 6.61. The number of fused-ring (bicyclic) bond motifs is 2. The van der Waals surface area contributed by atoms with Gasteiger partial charge in [-0.1, -0.05) is 0 Å². The van der Waals surface area contributed by atoms with Crippen LogP contribution in [0.25, 0.3) is 16.9 Å². The summed E-state index contributed by atoms with van der Waals surface area (Å²) in [6, 6.07) is 4.85. The summed E-state index contributed by atoms with van der Waals surface area (Å²) in [6.07, 6.45) is 9.38.